The highest BCUT2D eigenvalue weighted by atomic mass is 32.2. The molecule has 0 unspecified atom stereocenters. The van der Waals surface area contributed by atoms with Gasteiger partial charge in [-0.3, -0.25) is 9.52 Å². The van der Waals surface area contributed by atoms with E-state index in [0.717, 1.165) is 29.2 Å². The summed E-state index contributed by atoms with van der Waals surface area (Å²) in [7, 11) is -7.46. The van der Waals surface area contributed by atoms with Crippen molar-refractivity contribution in [3.05, 3.63) is 59.1 Å². The highest BCUT2D eigenvalue weighted by Gasteiger charge is 2.28. The minimum Gasteiger partial charge on any atom is -0.322 e. The Bertz CT molecular complexity index is 1440. The van der Waals surface area contributed by atoms with Crippen molar-refractivity contribution in [2.24, 2.45) is 5.92 Å². The molecule has 2 aromatic carbocycles. The molecule has 1 amide bonds. The lowest BCUT2D eigenvalue weighted by Crippen LogP contribution is -2.39. The van der Waals surface area contributed by atoms with Crippen LogP contribution in [0.2, 0.25) is 0 Å². The molecule has 0 radical (unpaired) electrons. The van der Waals surface area contributed by atoms with Crippen LogP contribution in [-0.4, -0.2) is 50.3 Å². The Morgan fingerprint density at radius 1 is 1.03 bits per heavy atom. The summed E-state index contributed by atoms with van der Waals surface area (Å²) in [5, 5.41) is 11.3. The molecule has 0 aliphatic carbocycles. The van der Waals surface area contributed by atoms with Crippen LogP contribution in [0.4, 0.5) is 10.8 Å². The van der Waals surface area contributed by atoms with Gasteiger partial charge in [-0.1, -0.05) is 25.2 Å². The fraction of sp³-hybridized carbons (Fsp3) is 0.348. The average Bonchev–Trinajstić information content (AvgIpc) is 3.31. The Hall–Kier alpha value is -2.87. The summed E-state index contributed by atoms with van der Waals surface area (Å²) in [5.74, 6) is -0.130. The van der Waals surface area contributed by atoms with Gasteiger partial charge in [0, 0.05) is 24.3 Å². The maximum absolute atomic E-state index is 12.9. The van der Waals surface area contributed by atoms with Crippen LogP contribution in [-0.2, 0) is 26.5 Å². The van der Waals surface area contributed by atoms with Gasteiger partial charge in [0.1, 0.15) is 5.01 Å². The number of anilines is 2. The highest BCUT2D eigenvalue weighted by molar-refractivity contribution is 7.93. The van der Waals surface area contributed by atoms with Crippen LogP contribution >= 0.6 is 11.3 Å². The maximum Gasteiger partial charge on any atom is 0.263 e. The third-order valence-corrected chi connectivity index (χ3v) is 10.1. The Kier molecular flexibility index (Phi) is 7.73. The number of rotatable bonds is 8. The fourth-order valence-electron chi connectivity index (χ4n) is 3.82. The zero-order chi connectivity index (χ0) is 25.9. The van der Waals surface area contributed by atoms with E-state index in [-0.39, 0.29) is 20.5 Å². The van der Waals surface area contributed by atoms with Gasteiger partial charge >= 0.3 is 0 Å². The molecule has 1 fully saturated rings. The molecule has 4 rings (SSSR count). The van der Waals surface area contributed by atoms with Crippen molar-refractivity contribution in [2.45, 2.75) is 42.9 Å². The zero-order valence-electron chi connectivity index (χ0n) is 19.8. The predicted molar refractivity (Wildman–Crippen MR) is 138 cm³/mol. The molecule has 1 saturated heterocycles. The molecule has 0 spiro atoms. The number of hydrogen-bond acceptors (Lipinski definition) is 8. The second-order valence-electron chi connectivity index (χ2n) is 8.57. The highest BCUT2D eigenvalue weighted by Crippen LogP contribution is 2.24. The van der Waals surface area contributed by atoms with Crippen molar-refractivity contribution in [3.63, 3.8) is 0 Å². The van der Waals surface area contributed by atoms with Crippen molar-refractivity contribution in [1.29, 1.82) is 0 Å². The van der Waals surface area contributed by atoms with E-state index < -0.39 is 26.0 Å². The van der Waals surface area contributed by atoms with Crippen LogP contribution in [0.5, 0.6) is 0 Å². The molecule has 192 valence electrons. The van der Waals surface area contributed by atoms with E-state index in [1.165, 1.54) is 52.8 Å². The third-order valence-electron chi connectivity index (χ3n) is 5.79. The number of amides is 1. The second-order valence-corrected chi connectivity index (χ2v) is 13.3. The molecular weight excluding hydrogens is 522 g/mol. The van der Waals surface area contributed by atoms with Crippen LogP contribution in [0.15, 0.2) is 58.3 Å². The summed E-state index contributed by atoms with van der Waals surface area (Å²) in [6, 6.07) is 11.5. The van der Waals surface area contributed by atoms with Crippen molar-refractivity contribution < 1.29 is 21.6 Å². The first-order chi connectivity index (χ1) is 17.1. The summed E-state index contributed by atoms with van der Waals surface area (Å²) in [4.78, 5) is 12.8. The summed E-state index contributed by atoms with van der Waals surface area (Å²) in [5.41, 5.74) is 0.671. The molecule has 1 atom stereocenters. The quantitative estimate of drug-likeness (QED) is 0.438. The van der Waals surface area contributed by atoms with Gasteiger partial charge in [0.2, 0.25) is 15.2 Å². The van der Waals surface area contributed by atoms with E-state index in [2.05, 4.69) is 20.2 Å². The molecule has 2 heterocycles. The number of aryl methyl sites for hydroxylation is 1. The molecule has 1 aliphatic heterocycles. The Morgan fingerprint density at radius 3 is 2.31 bits per heavy atom. The molecule has 36 heavy (non-hydrogen) atoms. The molecule has 13 heteroatoms. The maximum atomic E-state index is 12.9. The number of aromatic nitrogens is 2. The van der Waals surface area contributed by atoms with Crippen molar-refractivity contribution in [1.82, 2.24) is 14.5 Å². The average molecular weight is 550 g/mol. The van der Waals surface area contributed by atoms with Gasteiger partial charge in [-0.15, -0.1) is 10.2 Å². The van der Waals surface area contributed by atoms with E-state index in [0.29, 0.717) is 31.1 Å². The number of nitrogens with one attached hydrogen (secondary N) is 2. The van der Waals surface area contributed by atoms with Gasteiger partial charge < -0.3 is 5.32 Å². The van der Waals surface area contributed by atoms with Crippen LogP contribution in [0.1, 0.15) is 42.1 Å². The number of benzene rings is 2. The molecule has 0 saturated carbocycles. The third kappa shape index (κ3) is 5.91. The van der Waals surface area contributed by atoms with E-state index in [9.17, 15) is 21.6 Å². The topological polar surface area (TPSA) is 138 Å². The second kappa shape index (κ2) is 10.6. The molecule has 1 aromatic heterocycles. The van der Waals surface area contributed by atoms with Gasteiger partial charge in [0.15, 0.2) is 0 Å². The first-order valence-electron chi connectivity index (χ1n) is 11.5. The first-order valence-corrected chi connectivity index (χ1v) is 15.2. The summed E-state index contributed by atoms with van der Waals surface area (Å²) in [6.07, 6.45) is 2.50. The van der Waals surface area contributed by atoms with Gasteiger partial charge in [-0.2, -0.15) is 4.31 Å². The summed E-state index contributed by atoms with van der Waals surface area (Å²) < 4.78 is 54.9. The van der Waals surface area contributed by atoms with Crippen LogP contribution in [0.3, 0.4) is 0 Å². The van der Waals surface area contributed by atoms with Crippen LogP contribution in [0, 0.1) is 5.92 Å². The first kappa shape index (κ1) is 26.2. The smallest absolute Gasteiger partial charge is 0.263 e. The summed E-state index contributed by atoms with van der Waals surface area (Å²) >= 11 is 1.16. The van der Waals surface area contributed by atoms with Crippen molar-refractivity contribution in [3.8, 4) is 0 Å². The molecular formula is C23H27N5O5S3. The van der Waals surface area contributed by atoms with E-state index in [1.807, 2.05) is 13.8 Å². The van der Waals surface area contributed by atoms with Crippen molar-refractivity contribution >= 4 is 48.1 Å². The molecule has 2 N–H and O–H groups in total. The lowest BCUT2D eigenvalue weighted by atomic mass is 10.0. The van der Waals surface area contributed by atoms with E-state index in [1.54, 1.807) is 0 Å². The van der Waals surface area contributed by atoms with Gasteiger partial charge in [0.05, 0.1) is 9.79 Å². The van der Waals surface area contributed by atoms with Gasteiger partial charge in [0.25, 0.3) is 15.9 Å². The molecule has 1 aliphatic rings. The SMILES string of the molecule is CCc1nnc(NS(=O)(=O)c2ccc(NC(=O)c3ccc(S(=O)(=O)N4CCC[C@@H](C)C4)cc3)cc2)s1. The largest absolute Gasteiger partial charge is 0.322 e. The zero-order valence-corrected chi connectivity index (χ0v) is 22.3. The molecule has 3 aromatic rings. The van der Waals surface area contributed by atoms with Gasteiger partial charge in [-0.25, -0.2) is 16.8 Å². The Morgan fingerprint density at radius 2 is 1.69 bits per heavy atom. The molecule has 10 nitrogen and oxygen atoms in total. The number of sulfonamides is 2. The number of piperidine rings is 1. The minimum atomic E-state index is -3.85. The molecule has 0 bridgehead atoms. The number of hydrogen-bond donors (Lipinski definition) is 2. The normalized spacial score (nSPS) is 17.0. The van der Waals surface area contributed by atoms with Crippen molar-refractivity contribution in [2.75, 3.05) is 23.1 Å². The van der Waals surface area contributed by atoms with E-state index in [4.69, 9.17) is 0 Å². The number of nitrogens with zero attached hydrogens (tertiary/aromatic N) is 3. The number of carbonyl (C=O) groups is 1. The fourth-order valence-corrected chi connectivity index (χ4v) is 7.33. The van der Waals surface area contributed by atoms with E-state index >= 15 is 0 Å². The lowest BCUT2D eigenvalue weighted by molar-refractivity contribution is 0.102. The minimum absolute atomic E-state index is 0.00957. The van der Waals surface area contributed by atoms with Crippen LogP contribution in [0.25, 0.3) is 0 Å². The predicted octanol–water partition coefficient (Wildman–Crippen LogP) is 3.57. The van der Waals surface area contributed by atoms with Crippen LogP contribution < -0.4 is 10.0 Å². The standard InChI is InChI=1S/C23H27N5O5S3/c1-3-21-25-26-23(34-21)27-35(30,31)19-12-8-18(9-13-19)24-22(29)17-6-10-20(11-7-17)36(32,33)28-14-4-5-16(2)15-28/h6-13,16H,3-5,14-15H2,1-2H3,(H,24,29)(H,26,27)/t16-/m1/s1. The lowest BCUT2D eigenvalue weighted by Gasteiger charge is -2.30. The number of carbonyl (C=O) groups excluding carboxylic acids is 1. The van der Waals surface area contributed by atoms with Gasteiger partial charge in [-0.05, 0) is 73.7 Å². The summed E-state index contributed by atoms with van der Waals surface area (Å²) in [6.45, 7) is 4.93. The Labute approximate surface area is 214 Å². The Balaban J connectivity index is 1.40. The monoisotopic (exact) mass is 549 g/mol.